The lowest BCUT2D eigenvalue weighted by atomic mass is 10.2. The van der Waals surface area contributed by atoms with E-state index in [-0.39, 0.29) is 11.7 Å². The maximum atomic E-state index is 12.8. The SMILES string of the molecule is CCOCc1ccccc1NC(=O)C=Cc1ccc(F)cc1. The Bertz CT molecular complexity index is 650. The molecule has 0 spiro atoms. The molecule has 2 aromatic carbocycles. The Morgan fingerprint density at radius 2 is 1.91 bits per heavy atom. The van der Waals surface area contributed by atoms with E-state index in [4.69, 9.17) is 4.74 Å². The van der Waals surface area contributed by atoms with Crippen molar-refractivity contribution in [2.75, 3.05) is 11.9 Å². The third kappa shape index (κ3) is 4.82. The van der Waals surface area contributed by atoms with Crippen LogP contribution in [0.5, 0.6) is 0 Å². The van der Waals surface area contributed by atoms with Crippen LogP contribution >= 0.6 is 0 Å². The number of para-hydroxylation sites is 1. The molecule has 2 aromatic rings. The van der Waals surface area contributed by atoms with Crippen molar-refractivity contribution in [3.05, 3.63) is 71.6 Å². The minimum atomic E-state index is -0.300. The predicted molar refractivity (Wildman–Crippen MR) is 85.8 cm³/mol. The summed E-state index contributed by atoms with van der Waals surface area (Å²) in [4.78, 5) is 12.0. The molecule has 1 N–H and O–H groups in total. The Morgan fingerprint density at radius 1 is 1.18 bits per heavy atom. The second-order valence-electron chi connectivity index (χ2n) is 4.67. The molecule has 114 valence electrons. The third-order valence-corrected chi connectivity index (χ3v) is 3.03. The van der Waals surface area contributed by atoms with Crippen LogP contribution in [0.2, 0.25) is 0 Å². The summed E-state index contributed by atoms with van der Waals surface area (Å²) in [5, 5.41) is 2.82. The molecule has 0 heterocycles. The van der Waals surface area contributed by atoms with Crippen LogP contribution in [0.1, 0.15) is 18.1 Å². The van der Waals surface area contributed by atoms with Crippen LogP contribution in [-0.2, 0) is 16.1 Å². The number of anilines is 1. The van der Waals surface area contributed by atoms with Gasteiger partial charge >= 0.3 is 0 Å². The van der Waals surface area contributed by atoms with E-state index >= 15 is 0 Å². The van der Waals surface area contributed by atoms with Crippen LogP contribution in [-0.4, -0.2) is 12.5 Å². The zero-order valence-electron chi connectivity index (χ0n) is 12.4. The highest BCUT2D eigenvalue weighted by Crippen LogP contribution is 2.16. The van der Waals surface area contributed by atoms with Crippen molar-refractivity contribution in [2.45, 2.75) is 13.5 Å². The van der Waals surface area contributed by atoms with E-state index in [1.54, 1.807) is 18.2 Å². The molecule has 0 fully saturated rings. The number of benzene rings is 2. The molecule has 22 heavy (non-hydrogen) atoms. The normalized spacial score (nSPS) is 10.8. The Balaban J connectivity index is 2.01. The molecule has 3 nitrogen and oxygen atoms in total. The van der Waals surface area contributed by atoms with Gasteiger partial charge in [0.2, 0.25) is 5.91 Å². The molecule has 4 heteroatoms. The van der Waals surface area contributed by atoms with E-state index in [0.717, 1.165) is 16.8 Å². The summed E-state index contributed by atoms with van der Waals surface area (Å²) in [6.45, 7) is 2.99. The largest absolute Gasteiger partial charge is 0.377 e. The predicted octanol–water partition coefficient (Wildman–Crippen LogP) is 4.01. The molecule has 0 aliphatic carbocycles. The fourth-order valence-corrected chi connectivity index (χ4v) is 1.90. The van der Waals surface area contributed by atoms with Gasteiger partial charge in [-0.25, -0.2) is 4.39 Å². The molecule has 0 aliphatic heterocycles. The fraction of sp³-hybridized carbons (Fsp3) is 0.167. The molecule has 0 bridgehead atoms. The number of carbonyl (C=O) groups is 1. The van der Waals surface area contributed by atoms with Crippen LogP contribution in [0, 0.1) is 5.82 Å². The minimum Gasteiger partial charge on any atom is -0.377 e. The van der Waals surface area contributed by atoms with Gasteiger partial charge in [0.15, 0.2) is 0 Å². The number of ether oxygens (including phenoxy) is 1. The summed E-state index contributed by atoms with van der Waals surface area (Å²) in [5.41, 5.74) is 2.41. The van der Waals surface area contributed by atoms with Gasteiger partial charge in [-0.15, -0.1) is 0 Å². The van der Waals surface area contributed by atoms with Gasteiger partial charge in [0.1, 0.15) is 5.82 Å². The highest BCUT2D eigenvalue weighted by molar-refractivity contribution is 6.02. The molecule has 0 unspecified atom stereocenters. The Kier molecular flexibility index (Phi) is 5.86. The van der Waals surface area contributed by atoms with Crippen molar-refractivity contribution >= 4 is 17.7 Å². The van der Waals surface area contributed by atoms with Gasteiger partial charge in [0.25, 0.3) is 0 Å². The van der Waals surface area contributed by atoms with E-state index < -0.39 is 0 Å². The highest BCUT2D eigenvalue weighted by Gasteiger charge is 2.04. The van der Waals surface area contributed by atoms with Crippen molar-refractivity contribution in [1.82, 2.24) is 0 Å². The first-order chi connectivity index (χ1) is 10.7. The maximum absolute atomic E-state index is 12.8. The lowest BCUT2D eigenvalue weighted by Gasteiger charge is -2.09. The number of nitrogens with one attached hydrogen (secondary N) is 1. The molecule has 0 atom stereocenters. The molecule has 2 rings (SSSR count). The standard InChI is InChI=1S/C18H18FNO2/c1-2-22-13-15-5-3-4-6-17(15)20-18(21)12-9-14-7-10-16(19)11-8-14/h3-12H,2,13H2,1H3,(H,20,21). The first-order valence-electron chi connectivity index (χ1n) is 7.09. The topological polar surface area (TPSA) is 38.3 Å². The van der Waals surface area contributed by atoms with Gasteiger partial charge in [0, 0.05) is 23.9 Å². The summed E-state index contributed by atoms with van der Waals surface area (Å²) < 4.78 is 18.2. The molecular formula is C18H18FNO2. The van der Waals surface area contributed by atoms with Gasteiger partial charge in [-0.1, -0.05) is 30.3 Å². The van der Waals surface area contributed by atoms with Crippen molar-refractivity contribution < 1.29 is 13.9 Å². The summed E-state index contributed by atoms with van der Waals surface area (Å²) in [5.74, 6) is -0.542. The maximum Gasteiger partial charge on any atom is 0.248 e. The zero-order chi connectivity index (χ0) is 15.8. The van der Waals surface area contributed by atoms with Crippen LogP contribution < -0.4 is 5.32 Å². The fourth-order valence-electron chi connectivity index (χ4n) is 1.90. The summed E-state index contributed by atoms with van der Waals surface area (Å²) >= 11 is 0. The highest BCUT2D eigenvalue weighted by atomic mass is 19.1. The Morgan fingerprint density at radius 3 is 2.64 bits per heavy atom. The average Bonchev–Trinajstić information content (AvgIpc) is 2.53. The number of halogens is 1. The Hall–Kier alpha value is -2.46. The molecule has 0 aromatic heterocycles. The quantitative estimate of drug-likeness (QED) is 0.818. The zero-order valence-corrected chi connectivity index (χ0v) is 12.4. The third-order valence-electron chi connectivity index (χ3n) is 3.03. The summed E-state index contributed by atoms with van der Waals surface area (Å²) in [7, 11) is 0. The number of hydrogen-bond acceptors (Lipinski definition) is 2. The molecule has 0 saturated carbocycles. The van der Waals surface area contributed by atoms with Crippen LogP contribution in [0.4, 0.5) is 10.1 Å². The second kappa shape index (κ2) is 8.10. The minimum absolute atomic E-state index is 0.242. The van der Waals surface area contributed by atoms with Crippen molar-refractivity contribution in [1.29, 1.82) is 0 Å². The number of amides is 1. The first kappa shape index (κ1) is 15.9. The number of hydrogen-bond donors (Lipinski definition) is 1. The molecular weight excluding hydrogens is 281 g/mol. The van der Waals surface area contributed by atoms with Gasteiger partial charge in [-0.2, -0.15) is 0 Å². The smallest absolute Gasteiger partial charge is 0.248 e. The van der Waals surface area contributed by atoms with Gasteiger partial charge in [-0.3, -0.25) is 4.79 Å². The average molecular weight is 299 g/mol. The van der Waals surface area contributed by atoms with Crippen LogP contribution in [0.15, 0.2) is 54.6 Å². The van der Waals surface area contributed by atoms with Gasteiger partial charge < -0.3 is 10.1 Å². The summed E-state index contributed by atoms with van der Waals surface area (Å²) in [6.07, 6.45) is 3.06. The van der Waals surface area contributed by atoms with E-state index in [1.165, 1.54) is 18.2 Å². The van der Waals surface area contributed by atoms with Crippen LogP contribution in [0.3, 0.4) is 0 Å². The molecule has 1 amide bonds. The van der Waals surface area contributed by atoms with Crippen molar-refractivity contribution in [3.63, 3.8) is 0 Å². The second-order valence-corrected chi connectivity index (χ2v) is 4.67. The van der Waals surface area contributed by atoms with E-state index in [1.807, 2.05) is 31.2 Å². The number of carbonyl (C=O) groups excluding carboxylic acids is 1. The van der Waals surface area contributed by atoms with Crippen molar-refractivity contribution in [3.8, 4) is 0 Å². The Labute approximate surface area is 129 Å². The lowest BCUT2D eigenvalue weighted by molar-refractivity contribution is -0.111. The molecule has 0 saturated heterocycles. The van der Waals surface area contributed by atoms with Gasteiger partial charge in [-0.05, 0) is 36.8 Å². The van der Waals surface area contributed by atoms with E-state index in [0.29, 0.717) is 13.2 Å². The first-order valence-corrected chi connectivity index (χ1v) is 7.09. The monoisotopic (exact) mass is 299 g/mol. The van der Waals surface area contributed by atoms with Crippen LogP contribution in [0.25, 0.3) is 6.08 Å². The molecule has 0 aliphatic rings. The van der Waals surface area contributed by atoms with E-state index in [9.17, 15) is 9.18 Å². The summed E-state index contributed by atoms with van der Waals surface area (Å²) in [6, 6.07) is 13.4. The van der Waals surface area contributed by atoms with E-state index in [2.05, 4.69) is 5.32 Å². The lowest BCUT2D eigenvalue weighted by Crippen LogP contribution is -2.10. The van der Waals surface area contributed by atoms with Crippen molar-refractivity contribution in [2.24, 2.45) is 0 Å². The number of rotatable bonds is 6. The molecule has 0 radical (unpaired) electrons. The van der Waals surface area contributed by atoms with Gasteiger partial charge in [0.05, 0.1) is 6.61 Å².